The van der Waals surface area contributed by atoms with Gasteiger partial charge in [0.1, 0.15) is 5.72 Å². The lowest BCUT2D eigenvalue weighted by atomic mass is 10.0. The van der Waals surface area contributed by atoms with Crippen LogP contribution >= 0.6 is 0 Å². The van der Waals surface area contributed by atoms with Gasteiger partial charge in [0.25, 0.3) is 0 Å². The first kappa shape index (κ1) is 9.73. The molecule has 0 radical (unpaired) electrons. The Morgan fingerprint density at radius 2 is 2.29 bits per heavy atom. The summed E-state index contributed by atoms with van der Waals surface area (Å²) in [5, 5.41) is 12.2. The molecule has 0 aliphatic carbocycles. The first-order valence-electron chi connectivity index (χ1n) is 4.87. The van der Waals surface area contributed by atoms with Gasteiger partial charge < -0.3 is 14.7 Å². The summed E-state index contributed by atoms with van der Waals surface area (Å²) in [7, 11) is 0. The van der Waals surface area contributed by atoms with Crippen LogP contribution in [0.2, 0.25) is 0 Å². The number of nitrogens with one attached hydrogen (secondary N) is 1. The molecule has 0 aromatic rings. The van der Waals surface area contributed by atoms with E-state index in [2.05, 4.69) is 5.32 Å². The smallest absolute Gasteiger partial charge is 0.407 e. The minimum atomic E-state index is -0.834. The third-order valence-corrected chi connectivity index (χ3v) is 2.90. The highest BCUT2D eigenvalue weighted by Gasteiger charge is 2.42. The Kier molecular flexibility index (Phi) is 2.16. The molecule has 2 N–H and O–H groups in total. The van der Waals surface area contributed by atoms with E-state index in [0.29, 0.717) is 25.6 Å². The molecule has 80 valence electrons. The number of ether oxygens (including phenoxy) is 1. The number of hydrogen-bond donors (Lipinski definition) is 2. The molecule has 2 saturated heterocycles. The van der Waals surface area contributed by atoms with Gasteiger partial charge in [-0.3, -0.25) is 5.32 Å². The number of hydrogen-bond acceptors (Lipinski definition) is 3. The first-order chi connectivity index (χ1) is 6.48. The van der Waals surface area contributed by atoms with Crippen LogP contribution < -0.4 is 5.32 Å². The number of fused-ring (bicyclic) bond motifs is 1. The third kappa shape index (κ3) is 1.69. The van der Waals surface area contributed by atoms with Crippen LogP contribution in [-0.4, -0.2) is 47.6 Å². The van der Waals surface area contributed by atoms with Crippen molar-refractivity contribution in [2.24, 2.45) is 5.92 Å². The molecule has 0 aromatic heterocycles. The van der Waals surface area contributed by atoms with Crippen LogP contribution in [0.3, 0.4) is 0 Å². The molecular formula is C9H16N2O3. The Bertz CT molecular complexity index is 254. The van der Waals surface area contributed by atoms with E-state index in [0.717, 1.165) is 0 Å². The van der Waals surface area contributed by atoms with E-state index in [4.69, 9.17) is 9.84 Å². The van der Waals surface area contributed by atoms with Crippen molar-refractivity contribution in [1.82, 2.24) is 10.2 Å². The van der Waals surface area contributed by atoms with Crippen molar-refractivity contribution in [3.8, 4) is 0 Å². The van der Waals surface area contributed by atoms with Gasteiger partial charge in [0, 0.05) is 25.0 Å². The van der Waals surface area contributed by atoms with Crippen molar-refractivity contribution in [3.05, 3.63) is 0 Å². The maximum atomic E-state index is 10.8. The third-order valence-electron chi connectivity index (χ3n) is 2.90. The van der Waals surface area contributed by atoms with E-state index < -0.39 is 6.09 Å². The average molecular weight is 200 g/mol. The largest absolute Gasteiger partial charge is 0.465 e. The number of amides is 1. The van der Waals surface area contributed by atoms with E-state index in [9.17, 15) is 4.79 Å². The van der Waals surface area contributed by atoms with E-state index >= 15 is 0 Å². The second kappa shape index (κ2) is 3.10. The minimum absolute atomic E-state index is 0.245. The van der Waals surface area contributed by atoms with Gasteiger partial charge in [-0.25, -0.2) is 4.79 Å². The maximum Gasteiger partial charge on any atom is 0.407 e. The molecule has 2 rings (SSSR count). The van der Waals surface area contributed by atoms with Crippen LogP contribution in [-0.2, 0) is 4.74 Å². The zero-order chi connectivity index (χ0) is 10.3. The van der Waals surface area contributed by atoms with Crippen molar-refractivity contribution >= 4 is 6.09 Å². The predicted octanol–water partition coefficient (Wildman–Crippen LogP) is 0.321. The molecule has 5 nitrogen and oxygen atoms in total. The predicted molar refractivity (Wildman–Crippen MR) is 50.0 cm³/mol. The molecule has 0 spiro atoms. The van der Waals surface area contributed by atoms with Crippen LogP contribution in [0.15, 0.2) is 0 Å². The monoisotopic (exact) mass is 200 g/mol. The second-order valence-electron chi connectivity index (χ2n) is 4.52. The topological polar surface area (TPSA) is 61.8 Å². The quantitative estimate of drug-likeness (QED) is 0.591. The van der Waals surface area contributed by atoms with Crippen LogP contribution in [0.1, 0.15) is 13.8 Å². The molecule has 0 saturated carbocycles. The van der Waals surface area contributed by atoms with Gasteiger partial charge in [-0.2, -0.15) is 0 Å². The number of carbonyl (C=O) groups is 1. The molecule has 0 bridgehead atoms. The Balaban J connectivity index is 2.02. The fourth-order valence-corrected chi connectivity index (χ4v) is 2.16. The Morgan fingerprint density at radius 1 is 1.57 bits per heavy atom. The normalized spacial score (nSPS) is 35.4. The summed E-state index contributed by atoms with van der Waals surface area (Å²) in [5.74, 6) is 0.305. The van der Waals surface area contributed by atoms with Gasteiger partial charge in [-0.15, -0.1) is 0 Å². The number of rotatable bonds is 0. The van der Waals surface area contributed by atoms with Crippen LogP contribution in [0.25, 0.3) is 0 Å². The summed E-state index contributed by atoms with van der Waals surface area (Å²) in [4.78, 5) is 12.2. The summed E-state index contributed by atoms with van der Waals surface area (Å²) >= 11 is 0. The van der Waals surface area contributed by atoms with Crippen molar-refractivity contribution in [2.75, 3.05) is 19.7 Å². The zero-order valence-corrected chi connectivity index (χ0v) is 8.49. The number of carboxylic acid groups (broad SMARTS) is 1. The van der Waals surface area contributed by atoms with E-state index in [1.807, 2.05) is 13.8 Å². The highest BCUT2D eigenvalue weighted by molar-refractivity contribution is 5.65. The van der Waals surface area contributed by atoms with Gasteiger partial charge >= 0.3 is 6.09 Å². The van der Waals surface area contributed by atoms with Gasteiger partial charge in [0.2, 0.25) is 0 Å². The lowest BCUT2D eigenvalue weighted by Crippen LogP contribution is -2.56. The fourth-order valence-electron chi connectivity index (χ4n) is 2.16. The summed E-state index contributed by atoms with van der Waals surface area (Å²) in [5.41, 5.74) is -0.324. The molecule has 2 aliphatic rings. The van der Waals surface area contributed by atoms with E-state index in [1.54, 1.807) is 0 Å². The van der Waals surface area contributed by atoms with Crippen molar-refractivity contribution in [3.63, 3.8) is 0 Å². The average Bonchev–Trinajstić information content (AvgIpc) is 2.45. The van der Waals surface area contributed by atoms with Gasteiger partial charge in [0.15, 0.2) is 0 Å². The molecular weight excluding hydrogens is 184 g/mol. The maximum absolute atomic E-state index is 10.8. The summed E-state index contributed by atoms with van der Waals surface area (Å²) in [6.07, 6.45) is -0.834. The molecule has 5 heteroatoms. The lowest BCUT2D eigenvalue weighted by molar-refractivity contribution is -0.101. The second-order valence-corrected chi connectivity index (χ2v) is 4.52. The van der Waals surface area contributed by atoms with Gasteiger partial charge in [-0.1, -0.05) is 0 Å². The molecule has 2 aliphatic heterocycles. The van der Waals surface area contributed by atoms with Crippen LogP contribution in [0.4, 0.5) is 4.79 Å². The molecule has 2 atom stereocenters. The fraction of sp³-hybridized carbons (Fsp3) is 0.889. The summed E-state index contributed by atoms with van der Waals surface area (Å²) < 4.78 is 5.58. The lowest BCUT2D eigenvalue weighted by Gasteiger charge is -2.38. The first-order valence-corrected chi connectivity index (χ1v) is 4.87. The van der Waals surface area contributed by atoms with Crippen molar-refractivity contribution in [1.29, 1.82) is 0 Å². The molecule has 2 heterocycles. The molecule has 1 amide bonds. The van der Waals surface area contributed by atoms with Gasteiger partial charge in [-0.05, 0) is 13.8 Å². The standard InChI is InChI=1S/C9H16N2O3/c1-9(2)10-7-4-11(8(12)13)3-6(7)5-14-9/h6-7,10H,3-5H2,1-2H3,(H,12,13)/t6-,7-/m0/s1. The Labute approximate surface area is 83.0 Å². The van der Waals surface area contributed by atoms with E-state index in [-0.39, 0.29) is 11.8 Å². The molecule has 14 heavy (non-hydrogen) atoms. The molecule has 0 unspecified atom stereocenters. The Hall–Kier alpha value is -0.810. The SMILES string of the molecule is CC1(C)N[C@H]2CN(C(=O)O)C[C@H]2CO1. The number of nitrogens with zero attached hydrogens (tertiary/aromatic N) is 1. The minimum Gasteiger partial charge on any atom is -0.465 e. The summed E-state index contributed by atoms with van der Waals surface area (Å²) in [6, 6.07) is 0.245. The number of likely N-dealkylation sites (tertiary alicyclic amines) is 1. The summed E-state index contributed by atoms with van der Waals surface area (Å²) in [6.45, 7) is 5.74. The van der Waals surface area contributed by atoms with Gasteiger partial charge in [0.05, 0.1) is 6.61 Å². The van der Waals surface area contributed by atoms with Crippen molar-refractivity contribution in [2.45, 2.75) is 25.6 Å². The zero-order valence-electron chi connectivity index (χ0n) is 8.49. The highest BCUT2D eigenvalue weighted by atomic mass is 16.5. The highest BCUT2D eigenvalue weighted by Crippen LogP contribution is 2.25. The van der Waals surface area contributed by atoms with Crippen molar-refractivity contribution < 1.29 is 14.6 Å². The van der Waals surface area contributed by atoms with Crippen LogP contribution in [0, 0.1) is 5.92 Å². The molecule has 0 aromatic carbocycles. The van der Waals surface area contributed by atoms with E-state index in [1.165, 1.54) is 4.90 Å². The Morgan fingerprint density at radius 3 is 2.93 bits per heavy atom. The van der Waals surface area contributed by atoms with Crippen LogP contribution in [0.5, 0.6) is 0 Å². The molecule has 2 fully saturated rings.